The van der Waals surface area contributed by atoms with E-state index in [1.807, 2.05) is 20.0 Å². The van der Waals surface area contributed by atoms with Gasteiger partial charge < -0.3 is 18.9 Å². The summed E-state index contributed by atoms with van der Waals surface area (Å²) >= 11 is 0. The summed E-state index contributed by atoms with van der Waals surface area (Å²) in [5.74, 6) is 1.16. The zero-order valence-electron chi connectivity index (χ0n) is 10.5. The first-order chi connectivity index (χ1) is 8.65. The quantitative estimate of drug-likeness (QED) is 0.842. The van der Waals surface area contributed by atoms with Gasteiger partial charge in [-0.3, -0.25) is 0 Å². The Balaban J connectivity index is 2.28. The lowest BCUT2D eigenvalue weighted by Crippen LogP contribution is -2.16. The predicted octanol–water partition coefficient (Wildman–Crippen LogP) is 2.28. The molecule has 0 saturated carbocycles. The summed E-state index contributed by atoms with van der Waals surface area (Å²) in [6, 6.07) is 5.11. The summed E-state index contributed by atoms with van der Waals surface area (Å²) in [6.45, 7) is 1.87. The second kappa shape index (κ2) is 5.10. The Kier molecular flexibility index (Phi) is 3.53. The van der Waals surface area contributed by atoms with Crippen LogP contribution < -0.4 is 5.32 Å². The second-order valence-electron chi connectivity index (χ2n) is 3.91. The van der Waals surface area contributed by atoms with Crippen LogP contribution in [0.1, 0.15) is 33.7 Å². The van der Waals surface area contributed by atoms with Crippen molar-refractivity contribution in [2.24, 2.45) is 0 Å². The first kappa shape index (κ1) is 12.4. The van der Waals surface area contributed by atoms with Crippen molar-refractivity contribution in [1.82, 2.24) is 5.32 Å². The Hall–Kier alpha value is -2.01. The van der Waals surface area contributed by atoms with Gasteiger partial charge in [-0.25, -0.2) is 4.79 Å². The largest absolute Gasteiger partial charge is 0.469 e. The van der Waals surface area contributed by atoms with Crippen molar-refractivity contribution in [2.45, 2.75) is 13.0 Å². The maximum absolute atomic E-state index is 11.3. The lowest BCUT2D eigenvalue weighted by Gasteiger charge is -2.10. The van der Waals surface area contributed by atoms with Crippen molar-refractivity contribution in [3.8, 4) is 0 Å². The van der Waals surface area contributed by atoms with Crippen molar-refractivity contribution in [1.29, 1.82) is 0 Å². The molecule has 0 aliphatic carbocycles. The number of ether oxygens (including phenoxy) is 1. The Labute approximate surface area is 105 Å². The molecule has 2 aromatic rings. The Morgan fingerprint density at radius 1 is 1.44 bits per heavy atom. The lowest BCUT2D eigenvalue weighted by molar-refractivity contribution is 0.0562. The molecule has 2 heterocycles. The Bertz CT molecular complexity index is 541. The smallest absolute Gasteiger partial charge is 0.373 e. The molecule has 1 atom stereocenters. The number of hydrogen-bond donors (Lipinski definition) is 1. The van der Waals surface area contributed by atoms with Gasteiger partial charge in [-0.05, 0) is 32.2 Å². The third-order valence-corrected chi connectivity index (χ3v) is 2.67. The van der Waals surface area contributed by atoms with E-state index < -0.39 is 5.97 Å². The number of aryl methyl sites for hydroxylation is 1. The molecule has 5 nitrogen and oxygen atoms in total. The molecule has 0 fully saturated rings. The number of esters is 1. The van der Waals surface area contributed by atoms with Crippen LogP contribution in [-0.2, 0) is 4.74 Å². The van der Waals surface area contributed by atoms with Gasteiger partial charge >= 0.3 is 5.97 Å². The van der Waals surface area contributed by atoms with E-state index in [4.69, 9.17) is 8.83 Å². The van der Waals surface area contributed by atoms with Gasteiger partial charge in [0.15, 0.2) is 0 Å². The van der Waals surface area contributed by atoms with Crippen LogP contribution in [0.15, 0.2) is 33.3 Å². The molecule has 18 heavy (non-hydrogen) atoms. The minimum atomic E-state index is -0.487. The van der Waals surface area contributed by atoms with Gasteiger partial charge in [0.25, 0.3) is 0 Å². The van der Waals surface area contributed by atoms with E-state index in [0.29, 0.717) is 5.76 Å². The van der Waals surface area contributed by atoms with Crippen molar-refractivity contribution >= 4 is 5.97 Å². The van der Waals surface area contributed by atoms with Crippen LogP contribution in [0.3, 0.4) is 0 Å². The van der Waals surface area contributed by atoms with Gasteiger partial charge in [-0.15, -0.1) is 0 Å². The molecule has 96 valence electrons. The third kappa shape index (κ3) is 2.31. The van der Waals surface area contributed by atoms with Crippen molar-refractivity contribution < 1.29 is 18.4 Å². The zero-order valence-corrected chi connectivity index (χ0v) is 10.5. The first-order valence-electron chi connectivity index (χ1n) is 5.56. The molecule has 2 aromatic heterocycles. The van der Waals surface area contributed by atoms with Gasteiger partial charge in [0, 0.05) is 5.56 Å². The number of furan rings is 2. The SMILES string of the molecule is CNC(c1coc(C)c1)c1ccc(C(=O)OC)o1. The van der Waals surface area contributed by atoms with Gasteiger partial charge in [-0.2, -0.15) is 0 Å². The highest BCUT2D eigenvalue weighted by Gasteiger charge is 2.20. The number of nitrogens with one attached hydrogen (secondary N) is 1. The molecule has 1 N–H and O–H groups in total. The monoisotopic (exact) mass is 249 g/mol. The Morgan fingerprint density at radius 2 is 2.22 bits per heavy atom. The minimum Gasteiger partial charge on any atom is -0.469 e. The zero-order chi connectivity index (χ0) is 13.1. The van der Waals surface area contributed by atoms with E-state index in [1.54, 1.807) is 18.4 Å². The highest BCUT2D eigenvalue weighted by atomic mass is 16.5. The number of hydrogen-bond acceptors (Lipinski definition) is 5. The molecule has 2 rings (SSSR count). The van der Waals surface area contributed by atoms with Crippen LogP contribution in [0.4, 0.5) is 0 Å². The van der Waals surface area contributed by atoms with Crippen molar-refractivity contribution in [3.05, 3.63) is 47.3 Å². The number of carbonyl (C=O) groups excluding carboxylic acids is 1. The van der Waals surface area contributed by atoms with E-state index in [2.05, 4.69) is 10.1 Å². The molecular weight excluding hydrogens is 234 g/mol. The standard InChI is InChI=1S/C13H15NO4/c1-8-6-9(7-17-8)12(14-2)10-4-5-11(18-10)13(15)16-3/h4-7,12,14H,1-3H3. The molecule has 0 bridgehead atoms. The molecule has 0 radical (unpaired) electrons. The molecule has 0 aromatic carbocycles. The third-order valence-electron chi connectivity index (χ3n) is 2.67. The van der Waals surface area contributed by atoms with Gasteiger partial charge in [0.2, 0.25) is 5.76 Å². The van der Waals surface area contributed by atoms with Crippen molar-refractivity contribution in [3.63, 3.8) is 0 Å². The van der Waals surface area contributed by atoms with Crippen LogP contribution in [0.5, 0.6) is 0 Å². The van der Waals surface area contributed by atoms with Crippen LogP contribution in [0.25, 0.3) is 0 Å². The van der Waals surface area contributed by atoms with Gasteiger partial charge in [0.05, 0.1) is 19.4 Å². The maximum atomic E-state index is 11.3. The molecule has 1 unspecified atom stereocenters. The first-order valence-corrected chi connectivity index (χ1v) is 5.56. The molecule has 0 spiro atoms. The molecule has 5 heteroatoms. The lowest BCUT2D eigenvalue weighted by atomic mass is 10.1. The summed E-state index contributed by atoms with van der Waals surface area (Å²) in [5.41, 5.74) is 0.945. The topological polar surface area (TPSA) is 64.6 Å². The van der Waals surface area contributed by atoms with E-state index in [-0.39, 0.29) is 11.8 Å². The summed E-state index contributed by atoms with van der Waals surface area (Å²) < 4.78 is 15.3. The average molecular weight is 249 g/mol. The van der Waals surface area contributed by atoms with Crippen molar-refractivity contribution in [2.75, 3.05) is 14.2 Å². The minimum absolute atomic E-state index is 0.152. The maximum Gasteiger partial charge on any atom is 0.373 e. The van der Waals surface area contributed by atoms with E-state index >= 15 is 0 Å². The normalized spacial score (nSPS) is 12.4. The summed E-state index contributed by atoms with van der Waals surface area (Å²) in [5, 5.41) is 3.11. The molecule has 0 aliphatic rings. The fourth-order valence-corrected chi connectivity index (χ4v) is 1.81. The second-order valence-corrected chi connectivity index (χ2v) is 3.91. The summed E-state index contributed by atoms with van der Waals surface area (Å²) in [4.78, 5) is 11.3. The Morgan fingerprint density at radius 3 is 2.78 bits per heavy atom. The fraction of sp³-hybridized carbons (Fsp3) is 0.308. The summed E-state index contributed by atoms with van der Waals surface area (Å²) in [7, 11) is 3.13. The van der Waals surface area contributed by atoms with E-state index in [0.717, 1.165) is 11.3 Å². The van der Waals surface area contributed by atoms with Crippen LogP contribution in [0.2, 0.25) is 0 Å². The van der Waals surface area contributed by atoms with Crippen LogP contribution >= 0.6 is 0 Å². The molecule has 0 amide bonds. The fourth-order valence-electron chi connectivity index (χ4n) is 1.81. The molecule has 0 saturated heterocycles. The number of methoxy groups -OCH3 is 1. The number of rotatable bonds is 4. The highest BCUT2D eigenvalue weighted by molar-refractivity contribution is 5.86. The number of carbonyl (C=O) groups is 1. The highest BCUT2D eigenvalue weighted by Crippen LogP contribution is 2.25. The molecule has 0 aliphatic heterocycles. The molecular formula is C13H15NO4. The van der Waals surface area contributed by atoms with E-state index in [1.165, 1.54) is 7.11 Å². The summed E-state index contributed by atoms with van der Waals surface area (Å²) in [6.07, 6.45) is 1.66. The average Bonchev–Trinajstić information content (AvgIpc) is 2.99. The van der Waals surface area contributed by atoms with Gasteiger partial charge in [-0.1, -0.05) is 0 Å². The van der Waals surface area contributed by atoms with Gasteiger partial charge in [0.1, 0.15) is 11.5 Å². The van der Waals surface area contributed by atoms with E-state index in [9.17, 15) is 4.79 Å². The van der Waals surface area contributed by atoms with Crippen LogP contribution in [-0.4, -0.2) is 20.1 Å². The van der Waals surface area contributed by atoms with Crippen LogP contribution in [0, 0.1) is 6.92 Å². The predicted molar refractivity (Wildman–Crippen MR) is 64.4 cm³/mol.